The highest BCUT2D eigenvalue weighted by Gasteiger charge is 2.37. The second-order valence-electron chi connectivity index (χ2n) is 11.1. The smallest absolute Gasteiger partial charge is 0.355 e. The highest BCUT2D eigenvalue weighted by molar-refractivity contribution is 7.92. The van der Waals surface area contributed by atoms with Crippen LogP contribution in [0.3, 0.4) is 0 Å². The summed E-state index contributed by atoms with van der Waals surface area (Å²) < 4.78 is 70.6. The topological polar surface area (TPSA) is 86.8 Å². The SMILES string of the molecule is CCNC(=O)[C@H](Cc1ccccc1)N(Cc1ccc(C)cc1)C(=O)CN(c1ccc(Cl)c(C(F)(F)F)c1)S(=O)(=O)c1ccc(C)cc1. The summed E-state index contributed by atoms with van der Waals surface area (Å²) >= 11 is 5.87. The molecule has 4 aromatic rings. The normalized spacial score (nSPS) is 12.3. The highest BCUT2D eigenvalue weighted by atomic mass is 35.5. The number of carbonyl (C=O) groups excluding carboxylic acids is 2. The Morgan fingerprint density at radius 3 is 2.02 bits per heavy atom. The average Bonchev–Trinajstić information content (AvgIpc) is 3.03. The van der Waals surface area contributed by atoms with E-state index >= 15 is 0 Å². The quantitative estimate of drug-likeness (QED) is 0.175. The minimum Gasteiger partial charge on any atom is -0.355 e. The molecule has 0 saturated heterocycles. The minimum absolute atomic E-state index is 0.0689. The fourth-order valence-electron chi connectivity index (χ4n) is 4.99. The van der Waals surface area contributed by atoms with Gasteiger partial charge in [-0.25, -0.2) is 8.42 Å². The number of aryl methyl sites for hydroxylation is 2. The van der Waals surface area contributed by atoms with Gasteiger partial charge >= 0.3 is 6.18 Å². The summed E-state index contributed by atoms with van der Waals surface area (Å²) in [6, 6.07) is 23.6. The summed E-state index contributed by atoms with van der Waals surface area (Å²) in [5.74, 6) is -1.26. The number of carbonyl (C=O) groups is 2. The highest BCUT2D eigenvalue weighted by Crippen LogP contribution is 2.38. The van der Waals surface area contributed by atoms with E-state index in [-0.39, 0.29) is 24.4 Å². The summed E-state index contributed by atoms with van der Waals surface area (Å²) in [6.45, 7) is 4.69. The standard InChI is InChI=1S/C35H35ClF3N3O4S/c1-4-40-34(44)32(20-26-8-6-5-7-9-26)41(22-27-14-10-24(2)11-15-27)33(43)23-42(47(45,46)29-17-12-25(3)13-18-29)28-16-19-31(36)30(21-28)35(37,38)39/h5-19,21,32H,4,20,22-23H2,1-3H3,(H,40,44)/t32-/m0/s1. The van der Waals surface area contributed by atoms with Gasteiger partial charge in [-0.2, -0.15) is 13.2 Å². The largest absolute Gasteiger partial charge is 0.417 e. The second-order valence-corrected chi connectivity index (χ2v) is 13.4. The van der Waals surface area contributed by atoms with Gasteiger partial charge in [0.15, 0.2) is 0 Å². The predicted octanol–water partition coefficient (Wildman–Crippen LogP) is 6.95. The van der Waals surface area contributed by atoms with Crippen LogP contribution in [0.4, 0.5) is 18.9 Å². The van der Waals surface area contributed by atoms with E-state index in [4.69, 9.17) is 11.6 Å². The first-order chi connectivity index (χ1) is 22.2. The lowest BCUT2D eigenvalue weighted by Crippen LogP contribution is -2.53. The molecule has 248 valence electrons. The third-order valence-corrected chi connectivity index (χ3v) is 9.64. The molecule has 0 heterocycles. The number of benzene rings is 4. The maximum atomic E-state index is 14.4. The number of nitrogens with one attached hydrogen (secondary N) is 1. The molecule has 12 heteroatoms. The van der Waals surface area contributed by atoms with Crippen LogP contribution < -0.4 is 9.62 Å². The van der Waals surface area contributed by atoms with Crippen LogP contribution >= 0.6 is 11.6 Å². The molecule has 47 heavy (non-hydrogen) atoms. The van der Waals surface area contributed by atoms with Gasteiger partial charge in [0, 0.05) is 19.5 Å². The Kier molecular flexibility index (Phi) is 11.4. The third-order valence-electron chi connectivity index (χ3n) is 7.53. The summed E-state index contributed by atoms with van der Waals surface area (Å²) in [4.78, 5) is 29.0. The van der Waals surface area contributed by atoms with E-state index in [0.717, 1.165) is 28.8 Å². The maximum Gasteiger partial charge on any atom is 0.417 e. The van der Waals surface area contributed by atoms with Gasteiger partial charge in [0.05, 0.1) is 21.2 Å². The Morgan fingerprint density at radius 1 is 0.851 bits per heavy atom. The first kappa shape index (κ1) is 35.5. The van der Waals surface area contributed by atoms with E-state index < -0.39 is 56.9 Å². The first-order valence-corrected chi connectivity index (χ1v) is 16.6. The monoisotopic (exact) mass is 685 g/mol. The molecule has 0 aromatic heterocycles. The molecule has 4 aromatic carbocycles. The van der Waals surface area contributed by atoms with E-state index in [2.05, 4.69) is 5.32 Å². The lowest BCUT2D eigenvalue weighted by molar-refractivity contribution is -0.140. The van der Waals surface area contributed by atoms with Crippen molar-refractivity contribution < 1.29 is 31.2 Å². The van der Waals surface area contributed by atoms with Crippen LogP contribution in [0.15, 0.2) is 102 Å². The lowest BCUT2D eigenvalue weighted by atomic mass is 10.0. The van der Waals surface area contributed by atoms with Crippen molar-refractivity contribution in [2.75, 3.05) is 17.4 Å². The third kappa shape index (κ3) is 8.93. The number of sulfonamides is 1. The molecule has 0 fully saturated rings. The van der Waals surface area contributed by atoms with Crippen LogP contribution in [0.2, 0.25) is 5.02 Å². The number of likely N-dealkylation sites (N-methyl/N-ethyl adjacent to an activating group) is 1. The lowest BCUT2D eigenvalue weighted by Gasteiger charge is -2.34. The van der Waals surface area contributed by atoms with E-state index in [9.17, 15) is 31.2 Å². The predicted molar refractivity (Wildman–Crippen MR) is 177 cm³/mol. The van der Waals surface area contributed by atoms with Gasteiger partial charge in [0.25, 0.3) is 10.0 Å². The summed E-state index contributed by atoms with van der Waals surface area (Å²) in [7, 11) is -4.59. The van der Waals surface area contributed by atoms with Gasteiger partial charge in [-0.05, 0) is 62.2 Å². The van der Waals surface area contributed by atoms with Crippen LogP contribution in [-0.2, 0) is 38.8 Å². The van der Waals surface area contributed by atoms with Crippen molar-refractivity contribution in [3.05, 3.63) is 130 Å². The fourth-order valence-corrected chi connectivity index (χ4v) is 6.62. The molecule has 0 bridgehead atoms. The molecule has 4 rings (SSSR count). The zero-order valence-electron chi connectivity index (χ0n) is 26.1. The fraction of sp³-hybridized carbons (Fsp3) is 0.257. The van der Waals surface area contributed by atoms with Crippen molar-refractivity contribution >= 4 is 39.1 Å². The molecular weight excluding hydrogens is 651 g/mol. The molecule has 1 atom stereocenters. The molecule has 7 nitrogen and oxygen atoms in total. The zero-order valence-corrected chi connectivity index (χ0v) is 27.7. The van der Waals surface area contributed by atoms with Gasteiger partial charge in [-0.3, -0.25) is 13.9 Å². The average molecular weight is 686 g/mol. The molecule has 0 aliphatic heterocycles. The van der Waals surface area contributed by atoms with E-state index in [1.807, 2.05) is 25.1 Å². The minimum atomic E-state index is -4.90. The maximum absolute atomic E-state index is 14.4. The number of hydrogen-bond acceptors (Lipinski definition) is 4. The number of rotatable bonds is 12. The van der Waals surface area contributed by atoms with Gasteiger partial charge < -0.3 is 10.2 Å². The van der Waals surface area contributed by atoms with E-state index in [0.29, 0.717) is 15.9 Å². The number of alkyl halides is 3. The van der Waals surface area contributed by atoms with E-state index in [1.54, 1.807) is 62.4 Å². The van der Waals surface area contributed by atoms with Crippen molar-refractivity contribution in [2.45, 2.75) is 50.9 Å². The number of anilines is 1. The van der Waals surface area contributed by atoms with Gasteiger partial charge in [-0.1, -0.05) is 89.5 Å². The molecule has 0 aliphatic carbocycles. The van der Waals surface area contributed by atoms with Crippen LogP contribution in [0, 0.1) is 13.8 Å². The van der Waals surface area contributed by atoms with Crippen LogP contribution in [0.5, 0.6) is 0 Å². The Morgan fingerprint density at radius 2 is 1.45 bits per heavy atom. The van der Waals surface area contributed by atoms with Gasteiger partial charge in [0.2, 0.25) is 11.8 Å². The summed E-state index contributed by atoms with van der Waals surface area (Å²) in [6.07, 6.45) is -4.79. The van der Waals surface area contributed by atoms with Crippen molar-refractivity contribution in [3.63, 3.8) is 0 Å². The Hall–Kier alpha value is -4.35. The second kappa shape index (κ2) is 15.0. The van der Waals surface area contributed by atoms with Gasteiger partial charge in [-0.15, -0.1) is 0 Å². The number of hydrogen-bond donors (Lipinski definition) is 1. The van der Waals surface area contributed by atoms with Crippen molar-refractivity contribution in [1.82, 2.24) is 10.2 Å². The molecular formula is C35H35ClF3N3O4S. The first-order valence-electron chi connectivity index (χ1n) is 14.8. The molecule has 0 aliphatic rings. The van der Waals surface area contributed by atoms with Gasteiger partial charge in [0.1, 0.15) is 12.6 Å². The molecule has 0 spiro atoms. The molecule has 0 radical (unpaired) electrons. The van der Waals surface area contributed by atoms with Crippen molar-refractivity contribution in [3.8, 4) is 0 Å². The molecule has 0 unspecified atom stereocenters. The summed E-state index contributed by atoms with van der Waals surface area (Å²) in [5.41, 5.74) is 1.48. The van der Waals surface area contributed by atoms with Crippen LogP contribution in [0.1, 0.15) is 34.7 Å². The van der Waals surface area contributed by atoms with E-state index in [1.165, 1.54) is 17.0 Å². The Balaban J connectivity index is 1.85. The van der Waals surface area contributed by atoms with Crippen molar-refractivity contribution in [2.24, 2.45) is 0 Å². The molecule has 0 saturated carbocycles. The zero-order chi connectivity index (χ0) is 34.4. The van der Waals surface area contributed by atoms with Crippen molar-refractivity contribution in [1.29, 1.82) is 0 Å². The molecule has 2 amide bonds. The summed E-state index contributed by atoms with van der Waals surface area (Å²) in [5, 5.41) is 2.14. The number of halogens is 4. The van der Waals surface area contributed by atoms with Crippen LogP contribution in [0.25, 0.3) is 0 Å². The van der Waals surface area contributed by atoms with Crippen LogP contribution in [-0.4, -0.2) is 44.3 Å². The number of amides is 2. The number of nitrogens with zero attached hydrogens (tertiary/aromatic N) is 2. The molecule has 1 N–H and O–H groups in total. The Labute approximate surface area is 278 Å². The Bertz CT molecular complexity index is 1800.